The molecular formula is C20H19N3O4. The van der Waals surface area contributed by atoms with Crippen LogP contribution in [0.15, 0.2) is 48.8 Å². The number of piperidine rings is 1. The number of carbonyl (C=O) groups excluding carboxylic acids is 1. The van der Waals surface area contributed by atoms with Gasteiger partial charge in [-0.2, -0.15) is 5.10 Å². The minimum absolute atomic E-state index is 0.0348. The molecule has 2 atom stereocenters. The van der Waals surface area contributed by atoms with Crippen molar-refractivity contribution in [2.75, 3.05) is 19.9 Å². The van der Waals surface area contributed by atoms with Gasteiger partial charge in [0, 0.05) is 25.2 Å². The van der Waals surface area contributed by atoms with Crippen LogP contribution in [0, 0.1) is 0 Å². The van der Waals surface area contributed by atoms with Gasteiger partial charge in [0.1, 0.15) is 0 Å². The Hall–Kier alpha value is -3.06. The van der Waals surface area contributed by atoms with E-state index in [0.29, 0.717) is 30.8 Å². The van der Waals surface area contributed by atoms with Crippen LogP contribution in [0.2, 0.25) is 0 Å². The first-order chi connectivity index (χ1) is 13.2. The summed E-state index contributed by atoms with van der Waals surface area (Å²) in [6.45, 7) is 1.11. The van der Waals surface area contributed by atoms with E-state index in [-0.39, 0.29) is 18.6 Å². The molecule has 1 saturated heterocycles. The van der Waals surface area contributed by atoms with Crippen LogP contribution in [0.4, 0.5) is 0 Å². The third-order valence-electron chi connectivity index (χ3n) is 5.35. The highest BCUT2D eigenvalue weighted by Gasteiger charge is 2.33. The standard InChI is InChI=1S/C20H19N3O4/c24-17-11-22(20(25)15-10-21-23-7-2-1-3-16(15)23)8-6-14(17)13-4-5-18-19(9-13)27-12-26-18/h1-5,7,9-10,14,17,24H,6,8,11-12H2. The zero-order valence-corrected chi connectivity index (χ0v) is 14.6. The fraction of sp³-hybridized carbons (Fsp3) is 0.300. The summed E-state index contributed by atoms with van der Waals surface area (Å²) in [7, 11) is 0. The van der Waals surface area contributed by atoms with Gasteiger partial charge >= 0.3 is 0 Å². The van der Waals surface area contributed by atoms with Gasteiger partial charge in [0.15, 0.2) is 11.5 Å². The lowest BCUT2D eigenvalue weighted by Crippen LogP contribution is -2.45. The predicted molar refractivity (Wildman–Crippen MR) is 97.0 cm³/mol. The van der Waals surface area contributed by atoms with E-state index in [1.165, 1.54) is 0 Å². The zero-order chi connectivity index (χ0) is 18.4. The maximum Gasteiger partial charge on any atom is 0.257 e. The summed E-state index contributed by atoms with van der Waals surface area (Å²) in [6, 6.07) is 11.4. The van der Waals surface area contributed by atoms with Gasteiger partial charge in [-0.1, -0.05) is 12.1 Å². The Morgan fingerprint density at radius 1 is 1.19 bits per heavy atom. The molecule has 2 aromatic heterocycles. The molecule has 0 radical (unpaired) electrons. The first-order valence-corrected chi connectivity index (χ1v) is 9.00. The van der Waals surface area contributed by atoms with Crippen molar-refractivity contribution in [1.29, 1.82) is 0 Å². The number of pyridine rings is 1. The molecule has 7 nitrogen and oxygen atoms in total. The number of aromatic nitrogens is 2. The minimum Gasteiger partial charge on any atom is -0.454 e. The smallest absolute Gasteiger partial charge is 0.257 e. The third-order valence-corrected chi connectivity index (χ3v) is 5.35. The number of carbonyl (C=O) groups is 1. The summed E-state index contributed by atoms with van der Waals surface area (Å²) >= 11 is 0. The third kappa shape index (κ3) is 2.71. The quantitative estimate of drug-likeness (QED) is 0.752. The number of benzene rings is 1. The number of β-amino-alcohol motifs (C(OH)–C–C–N with tert-alkyl or cyclic N) is 1. The number of fused-ring (bicyclic) bond motifs is 2. The first-order valence-electron chi connectivity index (χ1n) is 9.00. The topological polar surface area (TPSA) is 76.3 Å². The second kappa shape index (κ2) is 6.28. The van der Waals surface area contributed by atoms with Crippen LogP contribution in [-0.4, -0.2) is 51.5 Å². The average molecular weight is 365 g/mol. The van der Waals surface area contributed by atoms with Crippen LogP contribution in [0.3, 0.4) is 0 Å². The molecule has 27 heavy (non-hydrogen) atoms. The molecule has 1 amide bonds. The van der Waals surface area contributed by atoms with Crippen molar-refractivity contribution in [2.24, 2.45) is 0 Å². The molecule has 1 N–H and O–H groups in total. The molecule has 1 aromatic carbocycles. The Morgan fingerprint density at radius 2 is 2.07 bits per heavy atom. The number of likely N-dealkylation sites (tertiary alicyclic amines) is 1. The molecule has 138 valence electrons. The van der Waals surface area contributed by atoms with Crippen molar-refractivity contribution in [3.8, 4) is 11.5 Å². The van der Waals surface area contributed by atoms with Gasteiger partial charge in [0.2, 0.25) is 6.79 Å². The van der Waals surface area contributed by atoms with Gasteiger partial charge in [0.05, 0.1) is 23.4 Å². The molecular weight excluding hydrogens is 346 g/mol. The van der Waals surface area contributed by atoms with E-state index in [4.69, 9.17) is 9.47 Å². The average Bonchev–Trinajstić information content (AvgIpc) is 3.33. The summed E-state index contributed by atoms with van der Waals surface area (Å²) < 4.78 is 12.5. The van der Waals surface area contributed by atoms with Gasteiger partial charge in [0.25, 0.3) is 5.91 Å². The monoisotopic (exact) mass is 365 g/mol. The van der Waals surface area contributed by atoms with E-state index in [1.807, 2.05) is 42.6 Å². The van der Waals surface area contributed by atoms with Gasteiger partial charge in [-0.05, 0) is 36.2 Å². The van der Waals surface area contributed by atoms with E-state index in [9.17, 15) is 9.90 Å². The van der Waals surface area contributed by atoms with Crippen molar-refractivity contribution in [3.63, 3.8) is 0 Å². The molecule has 0 bridgehead atoms. The van der Waals surface area contributed by atoms with Crippen molar-refractivity contribution in [2.45, 2.75) is 18.4 Å². The van der Waals surface area contributed by atoms with E-state index >= 15 is 0 Å². The molecule has 0 spiro atoms. The normalized spacial score (nSPS) is 21.6. The molecule has 3 aromatic rings. The Labute approximate surface area is 155 Å². The fourth-order valence-electron chi connectivity index (χ4n) is 3.92. The highest BCUT2D eigenvalue weighted by Crippen LogP contribution is 2.37. The number of hydrogen-bond donors (Lipinski definition) is 1. The highest BCUT2D eigenvalue weighted by atomic mass is 16.7. The van der Waals surface area contributed by atoms with E-state index in [0.717, 1.165) is 16.8 Å². The van der Waals surface area contributed by atoms with Crippen LogP contribution in [0.25, 0.3) is 5.52 Å². The predicted octanol–water partition coefficient (Wildman–Crippen LogP) is 2.05. The highest BCUT2D eigenvalue weighted by molar-refractivity contribution is 6.00. The van der Waals surface area contributed by atoms with Crippen LogP contribution in [0.5, 0.6) is 11.5 Å². The van der Waals surface area contributed by atoms with Gasteiger partial charge in [-0.15, -0.1) is 0 Å². The first kappa shape index (κ1) is 16.1. The molecule has 0 saturated carbocycles. The lowest BCUT2D eigenvalue weighted by Gasteiger charge is -2.36. The minimum atomic E-state index is -0.634. The van der Waals surface area contributed by atoms with Gasteiger partial charge in [-0.3, -0.25) is 4.79 Å². The van der Waals surface area contributed by atoms with Crippen LogP contribution < -0.4 is 9.47 Å². The number of hydrogen-bond acceptors (Lipinski definition) is 5. The molecule has 1 fully saturated rings. The van der Waals surface area contributed by atoms with Crippen molar-refractivity contribution in [1.82, 2.24) is 14.5 Å². The second-order valence-corrected chi connectivity index (χ2v) is 6.92. The number of amides is 1. The Morgan fingerprint density at radius 3 is 2.96 bits per heavy atom. The van der Waals surface area contributed by atoms with Crippen molar-refractivity contribution < 1.29 is 19.4 Å². The maximum absolute atomic E-state index is 12.9. The molecule has 2 aliphatic heterocycles. The number of nitrogens with zero attached hydrogens (tertiary/aromatic N) is 3. The SMILES string of the molecule is O=C(c1cnn2ccccc12)N1CCC(c2ccc3c(c2)OCO3)C(O)C1. The maximum atomic E-state index is 12.9. The Bertz CT molecular complexity index is 1020. The van der Waals surface area contributed by atoms with Crippen LogP contribution >= 0.6 is 0 Å². The zero-order valence-electron chi connectivity index (χ0n) is 14.6. The Kier molecular flexibility index (Phi) is 3.75. The van der Waals surface area contributed by atoms with E-state index in [1.54, 1.807) is 15.6 Å². The van der Waals surface area contributed by atoms with Crippen LogP contribution in [0.1, 0.15) is 28.3 Å². The number of aliphatic hydroxyl groups is 1. The molecule has 7 heteroatoms. The summed E-state index contributed by atoms with van der Waals surface area (Å²) in [5, 5.41) is 14.9. The fourth-order valence-corrected chi connectivity index (χ4v) is 3.92. The number of rotatable bonds is 2. The number of ether oxygens (including phenoxy) is 2. The van der Waals surface area contributed by atoms with E-state index < -0.39 is 6.10 Å². The number of aliphatic hydroxyl groups excluding tert-OH is 1. The van der Waals surface area contributed by atoms with Crippen LogP contribution in [-0.2, 0) is 0 Å². The van der Waals surface area contributed by atoms with Crippen molar-refractivity contribution >= 4 is 11.4 Å². The summed E-state index contributed by atoms with van der Waals surface area (Å²) in [6.07, 6.45) is 3.46. The summed E-state index contributed by atoms with van der Waals surface area (Å²) in [4.78, 5) is 14.6. The lowest BCUT2D eigenvalue weighted by molar-refractivity contribution is 0.0383. The van der Waals surface area contributed by atoms with Gasteiger partial charge < -0.3 is 19.5 Å². The van der Waals surface area contributed by atoms with Crippen molar-refractivity contribution in [3.05, 3.63) is 59.9 Å². The summed E-state index contributed by atoms with van der Waals surface area (Å²) in [5.41, 5.74) is 2.34. The van der Waals surface area contributed by atoms with Gasteiger partial charge in [-0.25, -0.2) is 4.52 Å². The molecule has 4 heterocycles. The molecule has 2 aliphatic rings. The molecule has 5 rings (SSSR count). The van der Waals surface area contributed by atoms with E-state index in [2.05, 4.69) is 5.10 Å². The largest absolute Gasteiger partial charge is 0.454 e. The molecule has 0 aliphatic carbocycles. The molecule has 2 unspecified atom stereocenters. The Balaban J connectivity index is 1.34. The second-order valence-electron chi connectivity index (χ2n) is 6.92. The summed E-state index contributed by atoms with van der Waals surface area (Å²) in [5.74, 6) is 1.31. The lowest BCUT2D eigenvalue weighted by atomic mass is 9.86.